The number of nitrogens with zero attached hydrogens (tertiary/aromatic N) is 3. The zero-order chi connectivity index (χ0) is 14.7. The van der Waals surface area contributed by atoms with E-state index in [0.29, 0.717) is 4.47 Å². The van der Waals surface area contributed by atoms with Crippen LogP contribution in [0.2, 0.25) is 0 Å². The summed E-state index contributed by atoms with van der Waals surface area (Å²) in [5.74, 6) is -1.49. The number of amides is 1. The third-order valence-electron chi connectivity index (χ3n) is 2.68. The molecular weight excluding hydrogens is 328 g/mol. The predicted octanol–water partition coefficient (Wildman–Crippen LogP) is 1.94. The van der Waals surface area contributed by atoms with Crippen LogP contribution in [0.4, 0.5) is 5.69 Å². The normalized spacial score (nSPS) is 11.9. The molecule has 2 N–H and O–H groups in total. The second kappa shape index (κ2) is 5.83. The van der Waals surface area contributed by atoms with Crippen LogP contribution in [0.25, 0.3) is 0 Å². The molecule has 0 fully saturated rings. The van der Waals surface area contributed by atoms with Crippen LogP contribution >= 0.6 is 15.9 Å². The Morgan fingerprint density at radius 1 is 1.45 bits per heavy atom. The molecule has 0 spiro atoms. The van der Waals surface area contributed by atoms with Crippen LogP contribution in [0.15, 0.2) is 35.3 Å². The quantitative estimate of drug-likeness (QED) is 0.887. The monoisotopic (exact) mass is 338 g/mol. The number of anilines is 1. The van der Waals surface area contributed by atoms with Crippen LogP contribution in [0.5, 0.6) is 0 Å². The molecule has 1 aromatic heterocycles. The topological polar surface area (TPSA) is 97.1 Å². The number of aromatic nitrogens is 3. The minimum Gasteiger partial charge on any atom is -0.478 e. The number of hydrogen-bond acceptors (Lipinski definition) is 4. The molecule has 20 heavy (non-hydrogen) atoms. The first-order valence-corrected chi connectivity index (χ1v) is 6.46. The lowest BCUT2D eigenvalue weighted by atomic mass is 10.1. The second-order valence-electron chi connectivity index (χ2n) is 4.04. The van der Waals surface area contributed by atoms with E-state index in [9.17, 15) is 9.59 Å². The Bertz CT molecular complexity index is 642. The summed E-state index contributed by atoms with van der Waals surface area (Å²) in [4.78, 5) is 27.0. The molecule has 1 amide bonds. The lowest BCUT2D eigenvalue weighted by Gasteiger charge is -2.13. The van der Waals surface area contributed by atoms with Gasteiger partial charge in [0.1, 0.15) is 18.7 Å². The van der Waals surface area contributed by atoms with Crippen molar-refractivity contribution in [1.82, 2.24) is 14.8 Å². The number of carbonyl (C=O) groups is 2. The van der Waals surface area contributed by atoms with E-state index < -0.39 is 12.0 Å². The molecule has 2 aromatic rings. The Kier molecular flexibility index (Phi) is 4.14. The van der Waals surface area contributed by atoms with Crippen LogP contribution in [0.3, 0.4) is 0 Å². The largest absolute Gasteiger partial charge is 0.478 e. The van der Waals surface area contributed by atoms with Crippen molar-refractivity contribution in [3.05, 3.63) is 40.9 Å². The van der Waals surface area contributed by atoms with Gasteiger partial charge in [-0.3, -0.25) is 4.79 Å². The Balaban J connectivity index is 2.23. The molecule has 1 atom stereocenters. The maximum Gasteiger partial charge on any atom is 0.337 e. The molecule has 1 unspecified atom stereocenters. The third-order valence-corrected chi connectivity index (χ3v) is 3.18. The minimum absolute atomic E-state index is 0.0207. The maximum atomic E-state index is 12.1. The van der Waals surface area contributed by atoms with Crippen molar-refractivity contribution in [2.24, 2.45) is 0 Å². The van der Waals surface area contributed by atoms with Gasteiger partial charge in [-0.1, -0.05) is 15.9 Å². The third kappa shape index (κ3) is 3.02. The van der Waals surface area contributed by atoms with Crippen molar-refractivity contribution >= 4 is 33.5 Å². The Morgan fingerprint density at radius 2 is 2.20 bits per heavy atom. The highest BCUT2D eigenvalue weighted by atomic mass is 79.9. The molecule has 0 aliphatic carbocycles. The summed E-state index contributed by atoms with van der Waals surface area (Å²) in [6.07, 6.45) is 2.74. The smallest absolute Gasteiger partial charge is 0.337 e. The van der Waals surface area contributed by atoms with Crippen molar-refractivity contribution in [3.8, 4) is 0 Å². The Labute approximate surface area is 122 Å². The van der Waals surface area contributed by atoms with Crippen LogP contribution in [-0.2, 0) is 4.79 Å². The molecule has 7 nitrogen and oxygen atoms in total. The van der Waals surface area contributed by atoms with E-state index in [-0.39, 0.29) is 17.2 Å². The highest BCUT2D eigenvalue weighted by Crippen LogP contribution is 2.22. The lowest BCUT2D eigenvalue weighted by molar-refractivity contribution is -0.119. The van der Waals surface area contributed by atoms with Crippen LogP contribution in [-0.4, -0.2) is 31.7 Å². The highest BCUT2D eigenvalue weighted by Gasteiger charge is 2.18. The lowest BCUT2D eigenvalue weighted by Crippen LogP contribution is -2.25. The van der Waals surface area contributed by atoms with Gasteiger partial charge < -0.3 is 10.4 Å². The zero-order valence-corrected chi connectivity index (χ0v) is 12.0. The molecule has 8 heteroatoms. The van der Waals surface area contributed by atoms with Gasteiger partial charge in [-0.15, -0.1) is 0 Å². The summed E-state index contributed by atoms with van der Waals surface area (Å²) in [7, 11) is 0. The number of carboxylic acids is 1. The second-order valence-corrected chi connectivity index (χ2v) is 4.95. The summed E-state index contributed by atoms with van der Waals surface area (Å²) in [6, 6.07) is 3.95. The van der Waals surface area contributed by atoms with E-state index >= 15 is 0 Å². The standard InChI is InChI=1S/C12H11BrN4O3/c1-7(17-6-14-5-15-17)11(18)16-10-4-8(13)2-3-9(10)12(19)20/h2-7H,1H3,(H,16,18)(H,19,20). The van der Waals surface area contributed by atoms with Gasteiger partial charge in [0.05, 0.1) is 11.3 Å². The number of carboxylic acid groups (broad SMARTS) is 1. The van der Waals surface area contributed by atoms with Gasteiger partial charge >= 0.3 is 5.97 Å². The van der Waals surface area contributed by atoms with E-state index in [4.69, 9.17) is 5.11 Å². The molecule has 0 aliphatic rings. The van der Waals surface area contributed by atoms with Crippen molar-refractivity contribution in [2.45, 2.75) is 13.0 Å². The molecule has 2 rings (SSSR count). The van der Waals surface area contributed by atoms with Crippen LogP contribution in [0.1, 0.15) is 23.3 Å². The summed E-state index contributed by atoms with van der Waals surface area (Å²) in [5.41, 5.74) is 0.246. The number of carbonyl (C=O) groups excluding carboxylic acids is 1. The van der Waals surface area contributed by atoms with Crippen LogP contribution < -0.4 is 5.32 Å². The predicted molar refractivity (Wildman–Crippen MR) is 74.5 cm³/mol. The molecule has 104 valence electrons. The van der Waals surface area contributed by atoms with Gasteiger partial charge in [-0.05, 0) is 25.1 Å². The first-order chi connectivity index (χ1) is 9.49. The van der Waals surface area contributed by atoms with Crippen molar-refractivity contribution in [1.29, 1.82) is 0 Å². The summed E-state index contributed by atoms with van der Waals surface area (Å²) < 4.78 is 2.06. The molecule has 0 saturated heterocycles. The molecule has 1 heterocycles. The summed E-state index contributed by atoms with van der Waals surface area (Å²) in [6.45, 7) is 1.64. The van der Waals surface area contributed by atoms with E-state index in [0.717, 1.165) is 0 Å². The van der Waals surface area contributed by atoms with Gasteiger partial charge in [-0.2, -0.15) is 5.10 Å². The average molecular weight is 339 g/mol. The summed E-state index contributed by atoms with van der Waals surface area (Å²) in [5, 5.41) is 15.6. The van der Waals surface area contributed by atoms with Crippen LogP contribution in [0, 0.1) is 0 Å². The van der Waals surface area contributed by atoms with Gasteiger partial charge in [-0.25, -0.2) is 14.5 Å². The fourth-order valence-electron chi connectivity index (χ4n) is 1.58. The van der Waals surface area contributed by atoms with Gasteiger partial charge in [0.2, 0.25) is 5.91 Å². The highest BCUT2D eigenvalue weighted by molar-refractivity contribution is 9.10. The van der Waals surface area contributed by atoms with E-state index in [2.05, 4.69) is 31.3 Å². The van der Waals surface area contributed by atoms with E-state index in [1.54, 1.807) is 13.0 Å². The number of rotatable bonds is 4. The fourth-order valence-corrected chi connectivity index (χ4v) is 1.94. The molecule has 0 saturated carbocycles. The molecular formula is C12H11BrN4O3. The molecule has 0 radical (unpaired) electrons. The number of halogens is 1. The van der Waals surface area contributed by atoms with Gasteiger partial charge in [0.15, 0.2) is 0 Å². The Hall–Kier alpha value is -2.22. The Morgan fingerprint density at radius 3 is 2.80 bits per heavy atom. The first kappa shape index (κ1) is 14.2. The summed E-state index contributed by atoms with van der Waals surface area (Å²) >= 11 is 3.24. The first-order valence-electron chi connectivity index (χ1n) is 5.67. The minimum atomic E-state index is -1.11. The SMILES string of the molecule is CC(C(=O)Nc1cc(Br)ccc1C(=O)O)n1cncn1. The molecule has 1 aromatic carbocycles. The number of nitrogens with one attached hydrogen (secondary N) is 1. The molecule has 0 aliphatic heterocycles. The van der Waals surface area contributed by atoms with Gasteiger partial charge in [0.25, 0.3) is 0 Å². The number of benzene rings is 1. The van der Waals surface area contributed by atoms with E-state index in [1.165, 1.54) is 29.5 Å². The van der Waals surface area contributed by atoms with E-state index in [1.807, 2.05) is 0 Å². The molecule has 0 bridgehead atoms. The van der Waals surface area contributed by atoms with Crippen molar-refractivity contribution in [2.75, 3.05) is 5.32 Å². The fraction of sp³-hybridized carbons (Fsp3) is 0.167. The number of hydrogen-bond donors (Lipinski definition) is 2. The van der Waals surface area contributed by atoms with Crippen molar-refractivity contribution in [3.63, 3.8) is 0 Å². The van der Waals surface area contributed by atoms with Crippen molar-refractivity contribution < 1.29 is 14.7 Å². The average Bonchev–Trinajstić information content (AvgIpc) is 2.91. The zero-order valence-electron chi connectivity index (χ0n) is 10.4. The maximum absolute atomic E-state index is 12.1. The van der Waals surface area contributed by atoms with Gasteiger partial charge in [0, 0.05) is 4.47 Å². The number of aromatic carboxylic acids is 1.